The van der Waals surface area contributed by atoms with Crippen molar-refractivity contribution in [2.45, 2.75) is 45.5 Å². The molecule has 0 aliphatic carbocycles. The number of hydrogen-bond acceptors (Lipinski definition) is 3. The molecule has 0 saturated carbocycles. The van der Waals surface area contributed by atoms with E-state index < -0.39 is 0 Å². The molecule has 0 aliphatic heterocycles. The van der Waals surface area contributed by atoms with E-state index >= 15 is 0 Å². The zero-order valence-electron chi connectivity index (χ0n) is 9.78. The second-order valence-corrected chi connectivity index (χ2v) is 5.76. The summed E-state index contributed by atoms with van der Waals surface area (Å²) in [4.78, 5) is 1.06. The van der Waals surface area contributed by atoms with Gasteiger partial charge in [-0.1, -0.05) is 15.9 Å². The van der Waals surface area contributed by atoms with Crippen LogP contribution in [0, 0.1) is 0 Å². The minimum absolute atomic E-state index is 0.229. The SMILES string of the molecule is CC(C)OCc1ccsc1C(O)CCCBr. The quantitative estimate of drug-likeness (QED) is 0.775. The summed E-state index contributed by atoms with van der Waals surface area (Å²) in [5.41, 5.74) is 1.13. The number of hydrogen-bond donors (Lipinski definition) is 1. The zero-order chi connectivity index (χ0) is 12.0. The smallest absolute Gasteiger partial charge is 0.0885 e. The van der Waals surface area contributed by atoms with Gasteiger partial charge in [0.15, 0.2) is 0 Å². The molecule has 1 atom stereocenters. The van der Waals surface area contributed by atoms with Crippen LogP contribution in [-0.2, 0) is 11.3 Å². The van der Waals surface area contributed by atoms with Gasteiger partial charge in [0.1, 0.15) is 0 Å². The van der Waals surface area contributed by atoms with Crippen molar-refractivity contribution in [1.82, 2.24) is 0 Å². The van der Waals surface area contributed by atoms with Crippen molar-refractivity contribution < 1.29 is 9.84 Å². The van der Waals surface area contributed by atoms with Gasteiger partial charge in [0.25, 0.3) is 0 Å². The Kier molecular flexibility index (Phi) is 6.58. The summed E-state index contributed by atoms with van der Waals surface area (Å²) in [5.74, 6) is 0. The zero-order valence-corrected chi connectivity index (χ0v) is 12.2. The van der Waals surface area contributed by atoms with Crippen LogP contribution in [-0.4, -0.2) is 16.5 Å². The van der Waals surface area contributed by atoms with Gasteiger partial charge in [0.2, 0.25) is 0 Å². The fraction of sp³-hybridized carbons (Fsp3) is 0.667. The predicted octanol–water partition coefficient (Wildman–Crippen LogP) is 3.88. The molecule has 4 heteroatoms. The fourth-order valence-corrected chi connectivity index (χ4v) is 2.67. The molecule has 1 unspecified atom stereocenters. The lowest BCUT2D eigenvalue weighted by atomic mass is 10.1. The van der Waals surface area contributed by atoms with Crippen molar-refractivity contribution in [3.05, 3.63) is 21.9 Å². The maximum absolute atomic E-state index is 10.0. The molecule has 0 fully saturated rings. The van der Waals surface area contributed by atoms with Crippen LogP contribution in [0.1, 0.15) is 43.2 Å². The van der Waals surface area contributed by atoms with Crippen LogP contribution in [0.3, 0.4) is 0 Å². The molecule has 1 aromatic rings. The van der Waals surface area contributed by atoms with Gasteiger partial charge >= 0.3 is 0 Å². The summed E-state index contributed by atoms with van der Waals surface area (Å²) in [6.45, 7) is 4.64. The average molecular weight is 307 g/mol. The molecule has 0 amide bonds. The molecular formula is C12H19BrO2S. The maximum atomic E-state index is 10.0. The summed E-state index contributed by atoms with van der Waals surface area (Å²) in [5, 5.41) is 13.0. The highest BCUT2D eigenvalue weighted by atomic mass is 79.9. The van der Waals surface area contributed by atoms with E-state index in [1.807, 2.05) is 25.3 Å². The van der Waals surface area contributed by atoms with Crippen molar-refractivity contribution >= 4 is 27.3 Å². The monoisotopic (exact) mass is 306 g/mol. The van der Waals surface area contributed by atoms with E-state index in [1.165, 1.54) is 0 Å². The number of rotatable bonds is 7. The van der Waals surface area contributed by atoms with Crippen molar-refractivity contribution in [2.75, 3.05) is 5.33 Å². The van der Waals surface area contributed by atoms with Gasteiger partial charge in [-0.15, -0.1) is 11.3 Å². The molecule has 16 heavy (non-hydrogen) atoms. The largest absolute Gasteiger partial charge is 0.388 e. The highest BCUT2D eigenvalue weighted by Crippen LogP contribution is 2.28. The van der Waals surface area contributed by atoms with Crippen molar-refractivity contribution in [2.24, 2.45) is 0 Å². The van der Waals surface area contributed by atoms with E-state index in [-0.39, 0.29) is 12.2 Å². The molecule has 1 rings (SSSR count). The summed E-state index contributed by atoms with van der Waals surface area (Å²) in [6, 6.07) is 2.04. The molecule has 1 aromatic heterocycles. The highest BCUT2D eigenvalue weighted by molar-refractivity contribution is 9.09. The van der Waals surface area contributed by atoms with Gasteiger partial charge in [-0.05, 0) is 43.7 Å². The van der Waals surface area contributed by atoms with Gasteiger partial charge in [0.05, 0.1) is 18.8 Å². The van der Waals surface area contributed by atoms with Crippen LogP contribution in [0.5, 0.6) is 0 Å². The van der Waals surface area contributed by atoms with Crippen LogP contribution in [0.2, 0.25) is 0 Å². The van der Waals surface area contributed by atoms with Crippen LogP contribution in [0.15, 0.2) is 11.4 Å². The van der Waals surface area contributed by atoms with Gasteiger partial charge in [-0.3, -0.25) is 0 Å². The number of thiophene rings is 1. The molecule has 0 spiro atoms. The van der Waals surface area contributed by atoms with E-state index in [1.54, 1.807) is 11.3 Å². The average Bonchev–Trinajstić information content (AvgIpc) is 2.71. The van der Waals surface area contributed by atoms with Crippen molar-refractivity contribution in [3.63, 3.8) is 0 Å². The maximum Gasteiger partial charge on any atom is 0.0885 e. The van der Waals surface area contributed by atoms with E-state index in [0.717, 1.165) is 28.6 Å². The first-order valence-corrected chi connectivity index (χ1v) is 7.57. The predicted molar refractivity (Wildman–Crippen MR) is 72.2 cm³/mol. The molecule has 0 saturated heterocycles. The first-order valence-electron chi connectivity index (χ1n) is 5.57. The Labute approximate surface area is 110 Å². The molecular weight excluding hydrogens is 288 g/mol. The fourth-order valence-electron chi connectivity index (χ4n) is 1.42. The first-order chi connectivity index (χ1) is 7.65. The number of aliphatic hydroxyl groups excluding tert-OH is 1. The summed E-state index contributed by atoms with van der Waals surface area (Å²) >= 11 is 4.99. The van der Waals surface area contributed by atoms with Crippen LogP contribution >= 0.6 is 27.3 Å². The summed E-state index contributed by atoms with van der Waals surface area (Å²) in [6.07, 6.45) is 1.68. The Morgan fingerprint density at radius 2 is 2.25 bits per heavy atom. The molecule has 92 valence electrons. The highest BCUT2D eigenvalue weighted by Gasteiger charge is 2.14. The Morgan fingerprint density at radius 3 is 2.88 bits per heavy atom. The first kappa shape index (κ1) is 14.2. The normalized spacial score (nSPS) is 13.3. The molecule has 2 nitrogen and oxygen atoms in total. The van der Waals surface area contributed by atoms with Gasteiger partial charge in [0, 0.05) is 10.2 Å². The minimum atomic E-state index is -0.344. The Balaban J connectivity index is 2.55. The topological polar surface area (TPSA) is 29.5 Å². The molecule has 1 heterocycles. The second-order valence-electron chi connectivity index (χ2n) is 4.02. The van der Waals surface area contributed by atoms with Crippen LogP contribution < -0.4 is 0 Å². The second kappa shape index (κ2) is 7.43. The molecule has 0 aliphatic rings. The number of aliphatic hydroxyl groups is 1. The molecule has 0 radical (unpaired) electrons. The van der Waals surface area contributed by atoms with Gasteiger partial charge in [-0.25, -0.2) is 0 Å². The lowest BCUT2D eigenvalue weighted by Crippen LogP contribution is -2.05. The van der Waals surface area contributed by atoms with Crippen LogP contribution in [0.25, 0.3) is 0 Å². The number of alkyl halides is 1. The van der Waals surface area contributed by atoms with E-state index in [9.17, 15) is 5.11 Å². The summed E-state index contributed by atoms with van der Waals surface area (Å²) in [7, 11) is 0. The Hall–Kier alpha value is 0.1000. The number of ether oxygens (including phenoxy) is 1. The van der Waals surface area contributed by atoms with Crippen molar-refractivity contribution in [1.29, 1.82) is 0 Å². The third-order valence-corrected chi connectivity index (χ3v) is 3.89. The third kappa shape index (κ3) is 4.53. The minimum Gasteiger partial charge on any atom is -0.388 e. The van der Waals surface area contributed by atoms with Crippen LogP contribution in [0.4, 0.5) is 0 Å². The van der Waals surface area contributed by atoms with E-state index in [4.69, 9.17) is 4.74 Å². The Morgan fingerprint density at radius 1 is 1.50 bits per heavy atom. The third-order valence-electron chi connectivity index (χ3n) is 2.27. The molecule has 0 aromatic carbocycles. The van der Waals surface area contributed by atoms with Crippen molar-refractivity contribution in [3.8, 4) is 0 Å². The molecule has 1 N–H and O–H groups in total. The lowest BCUT2D eigenvalue weighted by molar-refractivity contribution is 0.0636. The standard InChI is InChI=1S/C12H19BrO2S/c1-9(2)15-8-10-5-7-16-12(10)11(14)4-3-6-13/h5,7,9,11,14H,3-4,6,8H2,1-2H3. The lowest BCUT2D eigenvalue weighted by Gasteiger charge is -2.12. The van der Waals surface area contributed by atoms with Gasteiger partial charge in [-0.2, -0.15) is 0 Å². The van der Waals surface area contributed by atoms with E-state index in [0.29, 0.717) is 6.61 Å². The summed E-state index contributed by atoms with van der Waals surface area (Å²) < 4.78 is 5.57. The van der Waals surface area contributed by atoms with Gasteiger partial charge < -0.3 is 9.84 Å². The van der Waals surface area contributed by atoms with E-state index in [2.05, 4.69) is 15.9 Å². The number of halogens is 1. The molecule has 0 bridgehead atoms. The Bertz CT molecular complexity index is 299.